The summed E-state index contributed by atoms with van der Waals surface area (Å²) in [5.74, 6) is 0.392. The molecule has 2 aliphatic rings. The Morgan fingerprint density at radius 3 is 2.95 bits per heavy atom. The van der Waals surface area contributed by atoms with Gasteiger partial charge in [-0.2, -0.15) is 0 Å². The molecule has 0 amide bonds. The molecule has 0 aromatic heterocycles. The van der Waals surface area contributed by atoms with Crippen LogP contribution in [0.15, 0.2) is 24.3 Å². The van der Waals surface area contributed by atoms with Crippen molar-refractivity contribution in [2.75, 3.05) is 13.2 Å². The van der Waals surface area contributed by atoms with Gasteiger partial charge in [-0.05, 0) is 42.9 Å². The van der Waals surface area contributed by atoms with Crippen LogP contribution in [0, 0.1) is 11.7 Å². The van der Waals surface area contributed by atoms with Crippen LogP contribution in [-0.4, -0.2) is 30.4 Å². The van der Waals surface area contributed by atoms with Crippen molar-refractivity contribution in [2.45, 2.75) is 37.5 Å². The lowest BCUT2D eigenvalue weighted by Crippen LogP contribution is -2.39. The third-order valence-electron chi connectivity index (χ3n) is 4.03. The predicted octanol–water partition coefficient (Wildman–Crippen LogP) is 2.02. The lowest BCUT2D eigenvalue weighted by atomic mass is 10.0. The number of nitrogens with one attached hydrogen (secondary N) is 1. The Morgan fingerprint density at radius 1 is 1.37 bits per heavy atom. The average molecular weight is 265 g/mol. The molecule has 19 heavy (non-hydrogen) atoms. The van der Waals surface area contributed by atoms with E-state index in [0.717, 1.165) is 13.0 Å². The van der Waals surface area contributed by atoms with Crippen LogP contribution >= 0.6 is 0 Å². The van der Waals surface area contributed by atoms with Crippen molar-refractivity contribution in [3.8, 4) is 0 Å². The molecule has 0 spiro atoms. The first-order chi connectivity index (χ1) is 9.24. The lowest BCUT2D eigenvalue weighted by molar-refractivity contribution is 0.0769. The van der Waals surface area contributed by atoms with Crippen molar-refractivity contribution < 1.29 is 14.2 Å². The van der Waals surface area contributed by atoms with Gasteiger partial charge in [0, 0.05) is 19.2 Å². The van der Waals surface area contributed by atoms with Crippen molar-refractivity contribution in [3.63, 3.8) is 0 Å². The zero-order chi connectivity index (χ0) is 13.2. The molecule has 3 nitrogen and oxygen atoms in total. The van der Waals surface area contributed by atoms with Gasteiger partial charge >= 0.3 is 0 Å². The smallest absolute Gasteiger partial charge is 0.123 e. The van der Waals surface area contributed by atoms with Crippen LogP contribution in [0.3, 0.4) is 0 Å². The summed E-state index contributed by atoms with van der Waals surface area (Å²) in [6.45, 7) is 1.25. The standard InChI is InChI=1S/C15H20FNO2/c16-12-3-1-2-11(8-12)14(18)9-17-13-6-7-19-15(13)10-4-5-10/h1-3,8,10,13-15,17-18H,4-7,9H2. The highest BCUT2D eigenvalue weighted by Crippen LogP contribution is 2.38. The van der Waals surface area contributed by atoms with Gasteiger partial charge in [0.1, 0.15) is 5.82 Å². The third kappa shape index (κ3) is 3.14. The van der Waals surface area contributed by atoms with Gasteiger partial charge in [0.15, 0.2) is 0 Å². The van der Waals surface area contributed by atoms with E-state index in [1.54, 1.807) is 12.1 Å². The number of aliphatic hydroxyl groups excluding tert-OH is 1. The van der Waals surface area contributed by atoms with Gasteiger partial charge in [0.2, 0.25) is 0 Å². The second kappa shape index (κ2) is 5.57. The fourth-order valence-electron chi connectivity index (χ4n) is 2.81. The summed E-state index contributed by atoms with van der Waals surface area (Å²) in [4.78, 5) is 0. The SMILES string of the molecule is OC(CNC1CCOC1C1CC1)c1cccc(F)c1. The molecule has 1 aromatic carbocycles. The molecule has 1 aromatic rings. The van der Waals surface area contributed by atoms with Crippen molar-refractivity contribution >= 4 is 0 Å². The van der Waals surface area contributed by atoms with Crippen LogP contribution in [0.25, 0.3) is 0 Å². The molecule has 104 valence electrons. The highest BCUT2D eigenvalue weighted by Gasteiger charge is 2.40. The quantitative estimate of drug-likeness (QED) is 0.856. The minimum absolute atomic E-state index is 0.305. The summed E-state index contributed by atoms with van der Waals surface area (Å²) < 4.78 is 18.8. The maximum absolute atomic E-state index is 13.1. The molecule has 0 radical (unpaired) electrons. The fourth-order valence-corrected chi connectivity index (χ4v) is 2.81. The van der Waals surface area contributed by atoms with Crippen LogP contribution in [0.5, 0.6) is 0 Å². The van der Waals surface area contributed by atoms with Gasteiger partial charge in [0.25, 0.3) is 0 Å². The molecule has 2 fully saturated rings. The van der Waals surface area contributed by atoms with Gasteiger partial charge in [-0.15, -0.1) is 0 Å². The number of halogens is 1. The summed E-state index contributed by atoms with van der Waals surface area (Å²) in [7, 11) is 0. The molecule has 0 bridgehead atoms. The van der Waals surface area contributed by atoms with E-state index in [1.807, 2.05) is 0 Å². The molecule has 1 saturated carbocycles. The van der Waals surface area contributed by atoms with Crippen LogP contribution < -0.4 is 5.32 Å². The molecule has 1 saturated heterocycles. The number of benzene rings is 1. The molecule has 3 atom stereocenters. The van der Waals surface area contributed by atoms with E-state index in [2.05, 4.69) is 5.32 Å². The number of aliphatic hydroxyl groups is 1. The Bertz CT molecular complexity index is 436. The maximum atomic E-state index is 13.1. The van der Waals surface area contributed by atoms with Gasteiger partial charge in [-0.25, -0.2) is 4.39 Å². The zero-order valence-electron chi connectivity index (χ0n) is 10.9. The van der Waals surface area contributed by atoms with E-state index in [4.69, 9.17) is 4.74 Å². The second-order valence-electron chi connectivity index (χ2n) is 5.55. The number of ether oxygens (including phenoxy) is 1. The zero-order valence-corrected chi connectivity index (χ0v) is 10.9. The minimum Gasteiger partial charge on any atom is -0.387 e. The largest absolute Gasteiger partial charge is 0.387 e. The first-order valence-electron chi connectivity index (χ1n) is 7.02. The summed E-state index contributed by atoms with van der Waals surface area (Å²) in [6.07, 6.45) is 3.15. The van der Waals surface area contributed by atoms with Crippen molar-refractivity contribution in [2.24, 2.45) is 5.92 Å². The van der Waals surface area contributed by atoms with E-state index in [1.165, 1.54) is 25.0 Å². The van der Waals surface area contributed by atoms with E-state index in [0.29, 0.717) is 30.2 Å². The van der Waals surface area contributed by atoms with E-state index in [9.17, 15) is 9.50 Å². The van der Waals surface area contributed by atoms with Crippen LogP contribution in [0.2, 0.25) is 0 Å². The number of hydrogen-bond acceptors (Lipinski definition) is 3. The molecule has 1 aliphatic heterocycles. The van der Waals surface area contributed by atoms with E-state index < -0.39 is 6.10 Å². The molecule has 3 rings (SSSR count). The first-order valence-corrected chi connectivity index (χ1v) is 7.02. The fraction of sp³-hybridized carbons (Fsp3) is 0.600. The first kappa shape index (κ1) is 13.0. The Morgan fingerprint density at radius 2 is 2.21 bits per heavy atom. The average Bonchev–Trinajstić information content (AvgIpc) is 3.15. The third-order valence-corrected chi connectivity index (χ3v) is 4.03. The Hall–Kier alpha value is -0.970. The highest BCUT2D eigenvalue weighted by molar-refractivity contribution is 5.19. The van der Waals surface area contributed by atoms with E-state index >= 15 is 0 Å². The van der Waals surface area contributed by atoms with Gasteiger partial charge in [-0.1, -0.05) is 12.1 Å². The van der Waals surface area contributed by atoms with Crippen molar-refractivity contribution in [1.82, 2.24) is 5.32 Å². The number of hydrogen-bond donors (Lipinski definition) is 2. The molecular formula is C15H20FNO2. The highest BCUT2D eigenvalue weighted by atomic mass is 19.1. The Balaban J connectivity index is 1.53. The van der Waals surface area contributed by atoms with E-state index in [-0.39, 0.29) is 5.82 Å². The molecule has 1 heterocycles. The lowest BCUT2D eigenvalue weighted by Gasteiger charge is -2.21. The van der Waals surface area contributed by atoms with Gasteiger partial charge in [0.05, 0.1) is 12.2 Å². The number of rotatable bonds is 5. The monoisotopic (exact) mass is 265 g/mol. The summed E-state index contributed by atoms with van der Waals surface area (Å²) in [5, 5.41) is 13.4. The summed E-state index contributed by atoms with van der Waals surface area (Å²) >= 11 is 0. The predicted molar refractivity (Wildman–Crippen MR) is 70.2 cm³/mol. The van der Waals surface area contributed by atoms with Crippen LogP contribution in [0.1, 0.15) is 30.9 Å². The van der Waals surface area contributed by atoms with Crippen LogP contribution in [-0.2, 0) is 4.74 Å². The van der Waals surface area contributed by atoms with Crippen LogP contribution in [0.4, 0.5) is 4.39 Å². The normalized spacial score (nSPS) is 28.5. The summed E-state index contributed by atoms with van der Waals surface area (Å²) in [5.41, 5.74) is 0.620. The molecule has 1 aliphatic carbocycles. The second-order valence-corrected chi connectivity index (χ2v) is 5.55. The molecule has 2 N–H and O–H groups in total. The maximum Gasteiger partial charge on any atom is 0.123 e. The van der Waals surface area contributed by atoms with Crippen molar-refractivity contribution in [3.05, 3.63) is 35.6 Å². The molecule has 3 unspecified atom stereocenters. The topological polar surface area (TPSA) is 41.5 Å². The van der Waals surface area contributed by atoms with Gasteiger partial charge < -0.3 is 15.2 Å². The Kier molecular flexibility index (Phi) is 3.82. The Labute approximate surface area is 112 Å². The minimum atomic E-state index is -0.670. The summed E-state index contributed by atoms with van der Waals surface area (Å²) in [6, 6.07) is 6.47. The molecule has 4 heteroatoms. The molecular weight excluding hydrogens is 245 g/mol. The van der Waals surface area contributed by atoms with Gasteiger partial charge in [-0.3, -0.25) is 0 Å². The van der Waals surface area contributed by atoms with Crippen molar-refractivity contribution in [1.29, 1.82) is 0 Å².